The first-order valence-corrected chi connectivity index (χ1v) is 12.8. The Kier molecular flexibility index (Phi) is 9.77. The Balaban J connectivity index is 1.92. The number of aromatic nitrogens is 3. The average Bonchev–Trinajstić information content (AvgIpc) is 3.41. The molecule has 0 aliphatic rings. The van der Waals surface area contributed by atoms with Gasteiger partial charge in [-0.15, -0.1) is 11.3 Å². The van der Waals surface area contributed by atoms with E-state index in [0.717, 1.165) is 16.7 Å². The maximum absolute atomic E-state index is 13.2. The molecule has 5 amide bonds. The lowest BCUT2D eigenvalue weighted by Gasteiger charge is -2.22. The van der Waals surface area contributed by atoms with Gasteiger partial charge in [0.25, 0.3) is 11.8 Å². The second kappa shape index (κ2) is 13.0. The lowest BCUT2D eigenvalue weighted by atomic mass is 10.0. The number of carbonyl (C=O) groups excluding carboxylic acids is 4. The molecule has 3 heterocycles. The number of pyridine rings is 2. The van der Waals surface area contributed by atoms with Crippen LogP contribution in [0.2, 0.25) is 0 Å². The van der Waals surface area contributed by atoms with Gasteiger partial charge in [-0.2, -0.15) is 13.2 Å². The molecule has 1 atom stereocenters. The van der Waals surface area contributed by atoms with Gasteiger partial charge in [-0.1, -0.05) is 13.8 Å². The van der Waals surface area contributed by atoms with Crippen molar-refractivity contribution in [2.45, 2.75) is 33.0 Å². The third-order valence-electron chi connectivity index (χ3n) is 5.34. The molecule has 41 heavy (non-hydrogen) atoms. The molecule has 0 fully saturated rings. The first-order valence-electron chi connectivity index (χ1n) is 11.9. The highest BCUT2D eigenvalue weighted by molar-refractivity contribution is 7.13. The number of carbonyl (C=O) groups is 4. The quantitative estimate of drug-likeness (QED) is 0.245. The van der Waals surface area contributed by atoms with Crippen LogP contribution in [0.1, 0.15) is 36.8 Å². The number of anilines is 1. The van der Waals surface area contributed by atoms with Crippen LogP contribution in [-0.2, 0) is 11.0 Å². The molecular formula is C24H24F3N8O5S-. The predicted octanol–water partition coefficient (Wildman–Crippen LogP) is 2.15. The van der Waals surface area contributed by atoms with Gasteiger partial charge in [0.1, 0.15) is 23.0 Å². The van der Waals surface area contributed by atoms with E-state index in [1.165, 1.54) is 30.7 Å². The van der Waals surface area contributed by atoms with Crippen LogP contribution >= 0.6 is 11.3 Å². The van der Waals surface area contributed by atoms with Crippen LogP contribution in [0.5, 0.6) is 0 Å². The van der Waals surface area contributed by atoms with E-state index in [1.807, 2.05) is 5.32 Å². The number of hydrogen-bond donors (Lipinski definition) is 5. The van der Waals surface area contributed by atoms with Crippen molar-refractivity contribution < 1.29 is 37.5 Å². The van der Waals surface area contributed by atoms with Crippen LogP contribution < -0.4 is 31.9 Å². The van der Waals surface area contributed by atoms with Crippen molar-refractivity contribution in [1.82, 2.24) is 36.4 Å². The molecule has 17 heteroatoms. The molecule has 0 saturated heterocycles. The van der Waals surface area contributed by atoms with Crippen LogP contribution in [0, 0.1) is 5.92 Å². The molecule has 0 radical (unpaired) electrons. The molecule has 0 bridgehead atoms. The van der Waals surface area contributed by atoms with Crippen LogP contribution in [0.4, 0.5) is 28.6 Å². The largest absolute Gasteiger partial charge is 0.530 e. The summed E-state index contributed by atoms with van der Waals surface area (Å²) in [6.45, 7) is 5.19. The zero-order valence-electron chi connectivity index (χ0n) is 21.8. The molecule has 5 N–H and O–H groups in total. The van der Waals surface area contributed by atoms with Crippen molar-refractivity contribution in [3.8, 4) is 21.7 Å². The summed E-state index contributed by atoms with van der Waals surface area (Å²) in [6.07, 6.45) is -2.55. The van der Waals surface area contributed by atoms with E-state index >= 15 is 0 Å². The zero-order chi connectivity index (χ0) is 30.3. The molecule has 0 spiro atoms. The van der Waals surface area contributed by atoms with Crippen LogP contribution in [0.3, 0.4) is 0 Å². The molecule has 3 aromatic heterocycles. The van der Waals surface area contributed by atoms with E-state index in [1.54, 1.807) is 20.8 Å². The van der Waals surface area contributed by atoms with E-state index in [9.17, 15) is 37.5 Å². The molecule has 0 aromatic carbocycles. The van der Waals surface area contributed by atoms with Gasteiger partial charge in [0.05, 0.1) is 5.56 Å². The molecular weight excluding hydrogens is 569 g/mol. The summed E-state index contributed by atoms with van der Waals surface area (Å²) in [5.41, 5.74) is 3.81. The molecule has 0 aliphatic carbocycles. The van der Waals surface area contributed by atoms with Crippen LogP contribution in [-0.4, -0.2) is 51.5 Å². The Hall–Kier alpha value is -4.80. The van der Waals surface area contributed by atoms with Crippen molar-refractivity contribution in [3.63, 3.8) is 0 Å². The summed E-state index contributed by atoms with van der Waals surface area (Å²) >= 11 is 0.721. The van der Waals surface area contributed by atoms with E-state index < -0.39 is 47.8 Å². The second-order valence-corrected chi connectivity index (χ2v) is 9.55. The van der Waals surface area contributed by atoms with Gasteiger partial charge >= 0.3 is 12.2 Å². The highest BCUT2D eigenvalue weighted by Crippen LogP contribution is 2.38. The summed E-state index contributed by atoms with van der Waals surface area (Å²) in [7, 11) is 0. The monoisotopic (exact) mass is 593 g/mol. The second-order valence-electron chi connectivity index (χ2n) is 8.69. The zero-order valence-corrected chi connectivity index (χ0v) is 22.6. The van der Waals surface area contributed by atoms with Crippen molar-refractivity contribution in [2.75, 3.05) is 11.9 Å². The first-order chi connectivity index (χ1) is 19.3. The average molecular weight is 594 g/mol. The number of alkyl halides is 3. The fourth-order valence-corrected chi connectivity index (χ4v) is 4.28. The molecule has 0 aliphatic heterocycles. The fraction of sp³-hybridized carbons (Fsp3) is 0.292. The van der Waals surface area contributed by atoms with Gasteiger partial charge in [-0.05, 0) is 25.0 Å². The summed E-state index contributed by atoms with van der Waals surface area (Å²) in [4.78, 5) is 59.7. The molecule has 0 saturated carbocycles. The maximum Gasteiger partial charge on any atom is 0.434 e. The Bertz CT molecular complexity index is 1450. The number of hydrazine groups is 1. The van der Waals surface area contributed by atoms with E-state index in [2.05, 4.69) is 36.4 Å². The normalized spacial score (nSPS) is 11.9. The molecule has 3 aromatic rings. The Morgan fingerprint density at radius 2 is 1.78 bits per heavy atom. The topological polar surface area (TPSA) is 190 Å². The van der Waals surface area contributed by atoms with E-state index in [-0.39, 0.29) is 33.1 Å². The SMILES string of the molecule is CCNC(=O)Nc1cc(-c2nc(C(F)(F)F)cs2)c(-c2cncc(C(=O)NNC(=O)C(NC(=O)[O-])C(C)C)c2)cn1. The Morgan fingerprint density at radius 3 is 2.39 bits per heavy atom. The lowest BCUT2D eigenvalue weighted by Crippen LogP contribution is -2.56. The summed E-state index contributed by atoms with van der Waals surface area (Å²) in [5.74, 6) is -2.09. The number of rotatable bonds is 8. The Morgan fingerprint density at radius 1 is 1.05 bits per heavy atom. The third kappa shape index (κ3) is 8.10. The predicted molar refractivity (Wildman–Crippen MR) is 139 cm³/mol. The Labute approximate surface area is 235 Å². The minimum Gasteiger partial charge on any atom is -0.530 e. The maximum atomic E-state index is 13.2. The number of hydrogen-bond acceptors (Lipinski definition) is 9. The van der Waals surface area contributed by atoms with Gasteiger partial charge in [-0.3, -0.25) is 30.7 Å². The smallest absolute Gasteiger partial charge is 0.434 e. The van der Waals surface area contributed by atoms with Gasteiger partial charge < -0.3 is 20.5 Å². The minimum absolute atomic E-state index is 0.0315. The summed E-state index contributed by atoms with van der Waals surface area (Å²) in [5, 5.41) is 18.6. The number of carboxylic acid groups (broad SMARTS) is 1. The highest BCUT2D eigenvalue weighted by Gasteiger charge is 2.34. The molecule has 3 rings (SSSR count). The minimum atomic E-state index is -4.68. The highest BCUT2D eigenvalue weighted by atomic mass is 32.1. The van der Waals surface area contributed by atoms with Crippen LogP contribution in [0.15, 0.2) is 36.1 Å². The first kappa shape index (κ1) is 30.7. The van der Waals surface area contributed by atoms with Crippen LogP contribution in [0.25, 0.3) is 21.7 Å². The molecule has 218 valence electrons. The van der Waals surface area contributed by atoms with Gasteiger partial charge in [-0.25, -0.2) is 14.8 Å². The molecule has 13 nitrogen and oxygen atoms in total. The summed E-state index contributed by atoms with van der Waals surface area (Å²) in [6, 6.07) is 0.909. The number of nitrogens with zero attached hydrogens (tertiary/aromatic N) is 3. The number of thiazole rings is 1. The lowest BCUT2D eigenvalue weighted by molar-refractivity contribution is -0.252. The molecule has 1 unspecified atom stereocenters. The number of amides is 5. The fourth-order valence-electron chi connectivity index (χ4n) is 3.42. The third-order valence-corrected chi connectivity index (χ3v) is 6.22. The van der Waals surface area contributed by atoms with E-state index in [0.29, 0.717) is 6.54 Å². The van der Waals surface area contributed by atoms with Crippen molar-refractivity contribution >= 4 is 41.1 Å². The number of halogens is 3. The van der Waals surface area contributed by atoms with Gasteiger partial charge in [0.2, 0.25) is 0 Å². The van der Waals surface area contributed by atoms with Crippen molar-refractivity contribution in [3.05, 3.63) is 47.4 Å². The van der Waals surface area contributed by atoms with Gasteiger partial charge in [0, 0.05) is 47.2 Å². The van der Waals surface area contributed by atoms with Crippen molar-refractivity contribution in [2.24, 2.45) is 5.92 Å². The summed E-state index contributed by atoms with van der Waals surface area (Å²) < 4.78 is 39.7. The van der Waals surface area contributed by atoms with Gasteiger partial charge in [0.15, 0.2) is 5.69 Å². The standard InChI is InChI=1S/C24H25F3N8O5S/c1-4-29-22(38)32-17-6-14(21-31-16(10-41-21)24(25,26)27)15(9-30-17)12-5-13(8-28-7-12)19(36)34-35-20(37)18(11(2)3)33-23(39)40/h5-11,18,33H,4H2,1-3H3,(H,34,36)(H,35,37)(H,39,40)(H2,29,30,32,38)/p-1. The number of nitrogens with one attached hydrogen (secondary N) is 5. The van der Waals surface area contributed by atoms with E-state index in [4.69, 9.17) is 0 Å². The number of urea groups is 1. The van der Waals surface area contributed by atoms with Crippen molar-refractivity contribution in [1.29, 1.82) is 0 Å².